The van der Waals surface area contributed by atoms with E-state index in [4.69, 9.17) is 12.2 Å². The highest BCUT2D eigenvalue weighted by atomic mass is 79.9. The molecular formula is C13H14BrFN2S. The highest BCUT2D eigenvalue weighted by molar-refractivity contribution is 9.10. The number of imidazole rings is 1. The molecule has 0 atom stereocenters. The van der Waals surface area contributed by atoms with Crippen LogP contribution in [0.2, 0.25) is 0 Å². The molecule has 18 heavy (non-hydrogen) atoms. The van der Waals surface area contributed by atoms with E-state index in [1.165, 1.54) is 25.3 Å². The van der Waals surface area contributed by atoms with Crippen LogP contribution in [0.25, 0.3) is 11.0 Å². The molecule has 2 aromatic rings. The molecule has 1 N–H and O–H groups in total. The Morgan fingerprint density at radius 1 is 1.44 bits per heavy atom. The summed E-state index contributed by atoms with van der Waals surface area (Å²) in [5, 5.41) is 0. The van der Waals surface area contributed by atoms with E-state index >= 15 is 0 Å². The Bertz CT molecular complexity index is 642. The summed E-state index contributed by atoms with van der Waals surface area (Å²) in [4.78, 5) is 3.07. The Morgan fingerprint density at radius 3 is 2.89 bits per heavy atom. The molecule has 1 saturated carbocycles. The zero-order valence-electron chi connectivity index (χ0n) is 9.88. The summed E-state index contributed by atoms with van der Waals surface area (Å²) >= 11 is 8.54. The number of aromatic amines is 1. The molecular weight excluding hydrogens is 315 g/mol. The Hall–Kier alpha value is -0.680. The van der Waals surface area contributed by atoms with E-state index in [1.807, 2.05) is 0 Å². The standard InChI is InChI=1S/C13H14BrFN2S/c14-9-6-12-11(7-10(9)15)16-13(18)17(12)5-4-8-2-1-3-8/h6-8H,1-5H2,(H,16,18). The lowest BCUT2D eigenvalue weighted by atomic mass is 9.83. The fourth-order valence-electron chi connectivity index (χ4n) is 2.47. The predicted octanol–water partition coefficient (Wildman–Crippen LogP) is 4.79. The largest absolute Gasteiger partial charge is 0.330 e. The molecule has 1 fully saturated rings. The normalized spacial score (nSPS) is 16.1. The average molecular weight is 329 g/mol. The number of hydrogen-bond donors (Lipinski definition) is 1. The number of aromatic nitrogens is 2. The van der Waals surface area contributed by atoms with E-state index in [0.29, 0.717) is 9.24 Å². The van der Waals surface area contributed by atoms with Crippen molar-refractivity contribution in [1.29, 1.82) is 0 Å². The van der Waals surface area contributed by atoms with Gasteiger partial charge in [-0.25, -0.2) is 4.39 Å². The van der Waals surface area contributed by atoms with Gasteiger partial charge < -0.3 is 9.55 Å². The first-order chi connectivity index (χ1) is 8.65. The summed E-state index contributed by atoms with van der Waals surface area (Å²) in [6, 6.07) is 3.30. The first kappa shape index (κ1) is 12.4. The lowest BCUT2D eigenvalue weighted by molar-refractivity contribution is 0.283. The number of rotatable bonds is 3. The van der Waals surface area contributed by atoms with Crippen LogP contribution in [0, 0.1) is 16.5 Å². The molecule has 1 aliphatic carbocycles. The Kier molecular flexibility index (Phi) is 3.28. The van der Waals surface area contributed by atoms with Gasteiger partial charge in [0.25, 0.3) is 0 Å². The molecule has 1 heterocycles. The van der Waals surface area contributed by atoms with Crippen LogP contribution < -0.4 is 0 Å². The van der Waals surface area contributed by atoms with Gasteiger partial charge in [0.15, 0.2) is 4.77 Å². The van der Waals surface area contributed by atoms with Gasteiger partial charge in [-0.2, -0.15) is 0 Å². The van der Waals surface area contributed by atoms with Crippen molar-refractivity contribution in [2.75, 3.05) is 0 Å². The van der Waals surface area contributed by atoms with Gasteiger partial charge in [-0.05, 0) is 46.6 Å². The smallest absolute Gasteiger partial charge is 0.178 e. The zero-order valence-corrected chi connectivity index (χ0v) is 12.3. The summed E-state index contributed by atoms with van der Waals surface area (Å²) in [6.45, 7) is 0.918. The van der Waals surface area contributed by atoms with Crippen molar-refractivity contribution < 1.29 is 4.39 Å². The zero-order chi connectivity index (χ0) is 12.7. The van der Waals surface area contributed by atoms with E-state index < -0.39 is 0 Å². The van der Waals surface area contributed by atoms with Crippen LogP contribution >= 0.6 is 28.1 Å². The Labute approximate surface area is 118 Å². The van der Waals surface area contributed by atoms with Gasteiger partial charge in [0, 0.05) is 12.6 Å². The summed E-state index contributed by atoms with van der Waals surface area (Å²) in [5.41, 5.74) is 1.75. The van der Waals surface area contributed by atoms with Crippen LogP contribution in [0.3, 0.4) is 0 Å². The van der Waals surface area contributed by atoms with E-state index in [9.17, 15) is 4.39 Å². The molecule has 0 radical (unpaired) electrons. The maximum atomic E-state index is 13.5. The van der Waals surface area contributed by atoms with Gasteiger partial charge in [-0.15, -0.1) is 0 Å². The van der Waals surface area contributed by atoms with Crippen LogP contribution in [0.4, 0.5) is 4.39 Å². The van der Waals surface area contributed by atoms with E-state index in [2.05, 4.69) is 25.5 Å². The van der Waals surface area contributed by atoms with Crippen LogP contribution in [0.1, 0.15) is 25.7 Å². The highest BCUT2D eigenvalue weighted by Crippen LogP contribution is 2.30. The minimum Gasteiger partial charge on any atom is -0.330 e. The van der Waals surface area contributed by atoms with Crippen molar-refractivity contribution in [2.24, 2.45) is 5.92 Å². The summed E-state index contributed by atoms with van der Waals surface area (Å²) in [5.74, 6) is 0.589. The molecule has 1 aliphatic rings. The number of benzene rings is 1. The van der Waals surface area contributed by atoms with Gasteiger partial charge >= 0.3 is 0 Å². The monoisotopic (exact) mass is 328 g/mol. The third kappa shape index (κ3) is 2.14. The molecule has 0 spiro atoms. The number of aryl methyl sites for hydroxylation is 1. The van der Waals surface area contributed by atoms with Gasteiger partial charge in [-0.1, -0.05) is 19.3 Å². The lowest BCUT2D eigenvalue weighted by Gasteiger charge is -2.25. The molecule has 5 heteroatoms. The van der Waals surface area contributed by atoms with Crippen molar-refractivity contribution in [1.82, 2.24) is 9.55 Å². The van der Waals surface area contributed by atoms with E-state index in [1.54, 1.807) is 6.07 Å². The third-order valence-electron chi connectivity index (χ3n) is 3.80. The first-order valence-corrected chi connectivity index (χ1v) is 7.43. The van der Waals surface area contributed by atoms with Crippen molar-refractivity contribution in [2.45, 2.75) is 32.2 Å². The number of nitrogens with one attached hydrogen (secondary N) is 1. The molecule has 1 aromatic carbocycles. The quantitative estimate of drug-likeness (QED) is 0.803. The number of fused-ring (bicyclic) bond motifs is 1. The van der Waals surface area contributed by atoms with Crippen molar-refractivity contribution in [3.63, 3.8) is 0 Å². The minimum atomic E-state index is -0.259. The molecule has 1 aromatic heterocycles. The predicted molar refractivity (Wildman–Crippen MR) is 76.7 cm³/mol. The van der Waals surface area contributed by atoms with Crippen molar-refractivity contribution in [3.8, 4) is 0 Å². The number of halogens is 2. The summed E-state index contributed by atoms with van der Waals surface area (Å²) in [6.07, 6.45) is 5.21. The van der Waals surface area contributed by atoms with Gasteiger partial charge in [-0.3, -0.25) is 0 Å². The van der Waals surface area contributed by atoms with Crippen LogP contribution in [-0.2, 0) is 6.54 Å². The molecule has 96 valence electrons. The minimum absolute atomic E-state index is 0.259. The molecule has 0 bridgehead atoms. The Morgan fingerprint density at radius 2 is 2.22 bits per heavy atom. The van der Waals surface area contributed by atoms with Gasteiger partial charge in [0.2, 0.25) is 0 Å². The second kappa shape index (κ2) is 4.78. The molecule has 2 nitrogen and oxygen atoms in total. The van der Waals surface area contributed by atoms with Crippen LogP contribution in [0.15, 0.2) is 16.6 Å². The maximum absolute atomic E-state index is 13.5. The van der Waals surface area contributed by atoms with Gasteiger partial charge in [0.1, 0.15) is 5.82 Å². The fourth-order valence-corrected chi connectivity index (χ4v) is 3.10. The second-order valence-electron chi connectivity index (χ2n) is 4.95. The highest BCUT2D eigenvalue weighted by Gasteiger charge is 2.18. The van der Waals surface area contributed by atoms with Crippen molar-refractivity contribution >= 4 is 39.2 Å². The molecule has 0 unspecified atom stereocenters. The second-order valence-corrected chi connectivity index (χ2v) is 6.19. The molecule has 3 rings (SSSR count). The first-order valence-electron chi connectivity index (χ1n) is 6.22. The topological polar surface area (TPSA) is 20.7 Å². The molecule has 0 aliphatic heterocycles. The number of nitrogens with zero attached hydrogens (tertiary/aromatic N) is 1. The summed E-state index contributed by atoms with van der Waals surface area (Å²) < 4.78 is 16.7. The molecule has 0 amide bonds. The maximum Gasteiger partial charge on any atom is 0.178 e. The summed E-state index contributed by atoms with van der Waals surface area (Å²) in [7, 11) is 0. The van der Waals surface area contributed by atoms with Crippen LogP contribution in [0.5, 0.6) is 0 Å². The third-order valence-corrected chi connectivity index (χ3v) is 4.73. The van der Waals surface area contributed by atoms with Crippen LogP contribution in [-0.4, -0.2) is 9.55 Å². The molecule has 0 saturated heterocycles. The number of H-pyrrole nitrogens is 1. The fraction of sp³-hybridized carbons (Fsp3) is 0.462. The number of hydrogen-bond acceptors (Lipinski definition) is 1. The van der Waals surface area contributed by atoms with E-state index in [-0.39, 0.29) is 5.82 Å². The SMILES string of the molecule is Fc1cc2[nH]c(=S)n(CCC3CCC3)c2cc1Br. The average Bonchev–Trinajstić information content (AvgIpc) is 2.54. The van der Waals surface area contributed by atoms with Gasteiger partial charge in [0.05, 0.1) is 15.5 Å². The van der Waals surface area contributed by atoms with E-state index in [0.717, 1.165) is 29.9 Å². The van der Waals surface area contributed by atoms with Crippen molar-refractivity contribution in [3.05, 3.63) is 27.2 Å². The lowest BCUT2D eigenvalue weighted by Crippen LogP contribution is -2.13. The Balaban J connectivity index is 1.96.